The average Bonchev–Trinajstić information content (AvgIpc) is 3.09. The van der Waals surface area contributed by atoms with Crippen LogP contribution in [0.3, 0.4) is 0 Å². The van der Waals surface area contributed by atoms with Gasteiger partial charge in [0, 0.05) is 18.2 Å². The number of para-hydroxylation sites is 1. The molecule has 0 radical (unpaired) electrons. The van der Waals surface area contributed by atoms with Crippen molar-refractivity contribution in [3.8, 4) is 11.5 Å². The van der Waals surface area contributed by atoms with Crippen molar-refractivity contribution in [1.82, 2.24) is 10.2 Å². The van der Waals surface area contributed by atoms with Crippen LogP contribution < -0.4 is 14.8 Å². The molecule has 5 rings (SSSR count). The number of aliphatic imine (C=N–C) groups is 1. The Morgan fingerprint density at radius 3 is 2.38 bits per heavy atom. The van der Waals surface area contributed by atoms with Crippen LogP contribution in [0.25, 0.3) is 0 Å². The minimum absolute atomic E-state index is 0.0832. The second-order valence-corrected chi connectivity index (χ2v) is 10.2. The topological polar surface area (TPSA) is 80.2 Å². The molecule has 1 aliphatic heterocycles. The summed E-state index contributed by atoms with van der Waals surface area (Å²) in [5.74, 6) is 0.655. The van der Waals surface area contributed by atoms with E-state index in [1.54, 1.807) is 31.3 Å². The van der Waals surface area contributed by atoms with Gasteiger partial charge in [-0.2, -0.15) is 0 Å². The minimum Gasteiger partial charge on any atom is -0.493 e. The molecule has 7 heteroatoms. The monoisotopic (exact) mass is 525 g/mol. The fraction of sp³-hybridized carbons (Fsp3) is 0.344. The summed E-state index contributed by atoms with van der Waals surface area (Å²) in [6.07, 6.45) is 5.23. The Balaban J connectivity index is 1.65. The van der Waals surface area contributed by atoms with Crippen molar-refractivity contribution in [2.45, 2.75) is 57.7 Å². The number of carbonyl (C=O) groups is 2. The van der Waals surface area contributed by atoms with E-state index in [4.69, 9.17) is 14.5 Å². The highest BCUT2D eigenvalue weighted by Crippen LogP contribution is 2.33. The van der Waals surface area contributed by atoms with E-state index in [0.29, 0.717) is 34.0 Å². The number of nitrogens with one attached hydrogen (secondary N) is 1. The molecule has 0 saturated heterocycles. The maximum Gasteiger partial charge on any atom is 0.257 e. The zero-order chi connectivity index (χ0) is 27.4. The SMILES string of the molecule is COc1ccc(C2=Nc3ccccc3C(=O)N(Cc3ccc(C)cc3)C2C(=O)NC2CCCCC2)cc1OC. The van der Waals surface area contributed by atoms with Crippen LogP contribution in [-0.2, 0) is 11.3 Å². The Morgan fingerprint density at radius 2 is 1.67 bits per heavy atom. The highest BCUT2D eigenvalue weighted by molar-refractivity contribution is 6.21. The predicted molar refractivity (Wildman–Crippen MR) is 152 cm³/mol. The number of rotatable bonds is 7. The first-order valence-corrected chi connectivity index (χ1v) is 13.6. The summed E-state index contributed by atoms with van der Waals surface area (Å²) in [5, 5.41) is 3.27. The van der Waals surface area contributed by atoms with Gasteiger partial charge in [-0.3, -0.25) is 9.59 Å². The number of hydrogen-bond acceptors (Lipinski definition) is 5. The Labute approximate surface area is 229 Å². The Kier molecular flexibility index (Phi) is 7.96. The van der Waals surface area contributed by atoms with Crippen LogP contribution >= 0.6 is 0 Å². The van der Waals surface area contributed by atoms with Gasteiger partial charge in [0.2, 0.25) is 5.91 Å². The molecule has 3 aromatic carbocycles. The van der Waals surface area contributed by atoms with Gasteiger partial charge in [0.1, 0.15) is 0 Å². The molecule has 1 N–H and O–H groups in total. The Bertz CT molecular complexity index is 1380. The Morgan fingerprint density at radius 1 is 0.949 bits per heavy atom. The van der Waals surface area contributed by atoms with Gasteiger partial charge in [-0.05, 0) is 55.7 Å². The maximum absolute atomic E-state index is 14.2. The van der Waals surface area contributed by atoms with Gasteiger partial charge >= 0.3 is 0 Å². The molecule has 0 bridgehead atoms. The van der Waals surface area contributed by atoms with Crippen molar-refractivity contribution in [3.05, 3.63) is 89.0 Å². The molecule has 0 spiro atoms. The third-order valence-corrected chi connectivity index (χ3v) is 7.56. The number of benzene rings is 3. The fourth-order valence-corrected chi connectivity index (χ4v) is 5.43. The van der Waals surface area contributed by atoms with E-state index in [-0.39, 0.29) is 24.4 Å². The third kappa shape index (κ3) is 5.67. The highest BCUT2D eigenvalue weighted by Gasteiger charge is 2.39. The summed E-state index contributed by atoms with van der Waals surface area (Å²) in [6, 6.07) is 20.0. The summed E-state index contributed by atoms with van der Waals surface area (Å²) < 4.78 is 11.0. The molecule has 0 aromatic heterocycles. The summed E-state index contributed by atoms with van der Waals surface area (Å²) in [7, 11) is 3.16. The summed E-state index contributed by atoms with van der Waals surface area (Å²) in [4.78, 5) is 35.0. The molecular weight excluding hydrogens is 490 g/mol. The number of aryl methyl sites for hydroxylation is 1. The molecule has 1 unspecified atom stereocenters. The summed E-state index contributed by atoms with van der Waals surface area (Å²) in [5.41, 5.74) is 4.26. The molecule has 3 aromatic rings. The minimum atomic E-state index is -0.939. The van der Waals surface area contributed by atoms with Gasteiger partial charge in [-0.15, -0.1) is 0 Å². The lowest BCUT2D eigenvalue weighted by molar-refractivity contribution is -0.124. The molecule has 2 aliphatic rings. The molecule has 1 atom stereocenters. The smallest absolute Gasteiger partial charge is 0.257 e. The average molecular weight is 526 g/mol. The van der Waals surface area contributed by atoms with E-state index in [2.05, 4.69) is 5.32 Å². The lowest BCUT2D eigenvalue weighted by atomic mass is 9.94. The molecule has 1 aliphatic carbocycles. The van der Waals surface area contributed by atoms with Crippen LogP contribution in [0.5, 0.6) is 11.5 Å². The van der Waals surface area contributed by atoms with E-state index in [1.165, 1.54) is 6.42 Å². The number of carbonyl (C=O) groups excluding carboxylic acids is 2. The van der Waals surface area contributed by atoms with Crippen LogP contribution in [0.2, 0.25) is 0 Å². The molecule has 1 fully saturated rings. The standard InChI is InChI=1S/C32H35N3O4/c1-21-13-15-22(16-14-21)20-35-30(31(36)33-24-9-5-4-6-10-24)29(23-17-18-27(38-2)28(19-23)39-3)34-26-12-8-7-11-25(26)32(35)37/h7-8,11-19,24,30H,4-6,9-10,20H2,1-3H3,(H,33,36). The zero-order valence-corrected chi connectivity index (χ0v) is 22.8. The molecule has 1 heterocycles. The quantitative estimate of drug-likeness (QED) is 0.435. The zero-order valence-electron chi connectivity index (χ0n) is 22.8. The highest BCUT2D eigenvalue weighted by atomic mass is 16.5. The van der Waals surface area contributed by atoms with Crippen LogP contribution in [0.4, 0.5) is 5.69 Å². The third-order valence-electron chi connectivity index (χ3n) is 7.56. The number of amides is 2. The molecule has 202 valence electrons. The van der Waals surface area contributed by atoms with Gasteiger partial charge in [0.15, 0.2) is 17.5 Å². The van der Waals surface area contributed by atoms with Gasteiger partial charge < -0.3 is 19.7 Å². The van der Waals surface area contributed by atoms with Crippen LogP contribution in [-0.4, -0.2) is 48.7 Å². The van der Waals surface area contributed by atoms with Crippen molar-refractivity contribution in [2.24, 2.45) is 4.99 Å². The molecular formula is C32H35N3O4. The number of hydrogen-bond donors (Lipinski definition) is 1. The van der Waals surface area contributed by atoms with Gasteiger partial charge in [0.05, 0.1) is 31.2 Å². The van der Waals surface area contributed by atoms with Gasteiger partial charge in [0.25, 0.3) is 5.91 Å². The summed E-state index contributed by atoms with van der Waals surface area (Å²) in [6.45, 7) is 2.29. The molecule has 39 heavy (non-hydrogen) atoms. The molecule has 2 amide bonds. The first kappa shape index (κ1) is 26.5. The predicted octanol–water partition coefficient (Wildman–Crippen LogP) is 5.61. The van der Waals surface area contributed by atoms with Crippen molar-refractivity contribution < 1.29 is 19.1 Å². The number of nitrogens with zero attached hydrogens (tertiary/aromatic N) is 2. The summed E-state index contributed by atoms with van der Waals surface area (Å²) >= 11 is 0. The Hall–Kier alpha value is -4.13. The van der Waals surface area contributed by atoms with Crippen molar-refractivity contribution in [3.63, 3.8) is 0 Å². The first-order valence-electron chi connectivity index (χ1n) is 13.6. The van der Waals surface area contributed by atoms with E-state index >= 15 is 0 Å². The van der Waals surface area contributed by atoms with E-state index in [1.807, 2.05) is 61.5 Å². The van der Waals surface area contributed by atoms with E-state index < -0.39 is 6.04 Å². The van der Waals surface area contributed by atoms with Gasteiger partial charge in [-0.1, -0.05) is 61.2 Å². The lowest BCUT2D eigenvalue weighted by Gasteiger charge is -2.33. The first-order chi connectivity index (χ1) is 19.0. The second-order valence-electron chi connectivity index (χ2n) is 10.2. The number of methoxy groups -OCH3 is 2. The second kappa shape index (κ2) is 11.7. The lowest BCUT2D eigenvalue weighted by Crippen LogP contribution is -2.55. The van der Waals surface area contributed by atoms with E-state index in [9.17, 15) is 9.59 Å². The fourth-order valence-electron chi connectivity index (χ4n) is 5.43. The largest absolute Gasteiger partial charge is 0.493 e. The van der Waals surface area contributed by atoms with Crippen molar-refractivity contribution in [2.75, 3.05) is 14.2 Å². The van der Waals surface area contributed by atoms with Crippen LogP contribution in [0.1, 0.15) is 59.2 Å². The molecule has 1 saturated carbocycles. The molecule has 7 nitrogen and oxygen atoms in total. The number of fused-ring (bicyclic) bond motifs is 1. The van der Waals surface area contributed by atoms with Crippen molar-refractivity contribution >= 4 is 23.2 Å². The number of ether oxygens (including phenoxy) is 2. The maximum atomic E-state index is 14.2. The van der Waals surface area contributed by atoms with Gasteiger partial charge in [-0.25, -0.2) is 4.99 Å². The normalized spacial score (nSPS) is 17.6. The van der Waals surface area contributed by atoms with Crippen LogP contribution in [0, 0.1) is 6.92 Å². The van der Waals surface area contributed by atoms with Crippen LogP contribution in [0.15, 0.2) is 71.7 Å². The van der Waals surface area contributed by atoms with E-state index in [0.717, 1.165) is 36.8 Å². The van der Waals surface area contributed by atoms with Crippen molar-refractivity contribution in [1.29, 1.82) is 0 Å².